The van der Waals surface area contributed by atoms with Crippen LogP contribution in [0.25, 0.3) is 11.0 Å². The van der Waals surface area contributed by atoms with Crippen molar-refractivity contribution in [2.45, 2.75) is 19.9 Å². The molecule has 136 valence electrons. The molecule has 6 nitrogen and oxygen atoms in total. The summed E-state index contributed by atoms with van der Waals surface area (Å²) >= 11 is 6.29. The van der Waals surface area contributed by atoms with Gasteiger partial charge in [-0.1, -0.05) is 11.6 Å². The number of aryl methyl sites for hydroxylation is 2. The molecule has 0 saturated carbocycles. The highest BCUT2D eigenvalue weighted by Crippen LogP contribution is 2.38. The first-order chi connectivity index (χ1) is 12.6. The van der Waals surface area contributed by atoms with Gasteiger partial charge in [-0.25, -0.2) is 4.98 Å². The van der Waals surface area contributed by atoms with Gasteiger partial charge >= 0.3 is 0 Å². The van der Waals surface area contributed by atoms with Gasteiger partial charge < -0.3 is 14.8 Å². The Morgan fingerprint density at radius 2 is 2.04 bits per heavy atom. The summed E-state index contributed by atoms with van der Waals surface area (Å²) in [5, 5.41) is 9.58. The predicted molar refractivity (Wildman–Crippen MR) is 101 cm³/mol. The van der Waals surface area contributed by atoms with Crippen molar-refractivity contribution in [2.24, 2.45) is 7.05 Å². The molecule has 4 rings (SSSR count). The second-order valence-corrected chi connectivity index (χ2v) is 6.86. The molecule has 0 fully saturated rings. The van der Waals surface area contributed by atoms with Gasteiger partial charge in [0.05, 0.1) is 10.7 Å². The van der Waals surface area contributed by atoms with Crippen LogP contribution in [0.3, 0.4) is 0 Å². The first-order valence-electron chi connectivity index (χ1n) is 8.69. The second kappa shape index (κ2) is 7.13. The number of benzene rings is 1. The van der Waals surface area contributed by atoms with Crippen molar-refractivity contribution >= 4 is 22.6 Å². The summed E-state index contributed by atoms with van der Waals surface area (Å²) in [5.74, 6) is 1.39. The molecule has 0 saturated heterocycles. The molecular formula is C19H21ClN4O2. The molecule has 7 heteroatoms. The summed E-state index contributed by atoms with van der Waals surface area (Å²) in [5.41, 5.74) is 4.19. The summed E-state index contributed by atoms with van der Waals surface area (Å²) in [4.78, 5) is 4.51. The molecule has 26 heavy (non-hydrogen) atoms. The highest BCUT2D eigenvalue weighted by molar-refractivity contribution is 6.32. The molecule has 0 atom stereocenters. The van der Waals surface area contributed by atoms with Crippen molar-refractivity contribution in [1.82, 2.24) is 20.1 Å². The minimum absolute atomic E-state index is 0.544. The van der Waals surface area contributed by atoms with Crippen LogP contribution in [0.15, 0.2) is 24.4 Å². The Bertz CT molecular complexity index is 954. The van der Waals surface area contributed by atoms with E-state index >= 15 is 0 Å². The van der Waals surface area contributed by atoms with E-state index < -0.39 is 0 Å². The maximum atomic E-state index is 6.29. The minimum Gasteiger partial charge on any atom is -0.486 e. The van der Waals surface area contributed by atoms with Gasteiger partial charge in [-0.3, -0.25) is 4.68 Å². The monoisotopic (exact) mass is 372 g/mol. The lowest BCUT2D eigenvalue weighted by molar-refractivity contribution is 0.171. The van der Waals surface area contributed by atoms with E-state index in [0.717, 1.165) is 53.1 Å². The van der Waals surface area contributed by atoms with Crippen molar-refractivity contribution in [3.8, 4) is 11.5 Å². The number of hydrogen-bond donors (Lipinski definition) is 1. The van der Waals surface area contributed by atoms with Crippen molar-refractivity contribution < 1.29 is 9.47 Å². The Hall–Kier alpha value is -2.31. The lowest BCUT2D eigenvalue weighted by Crippen LogP contribution is -2.18. The van der Waals surface area contributed by atoms with Gasteiger partial charge in [-0.15, -0.1) is 0 Å². The molecule has 3 heterocycles. The Morgan fingerprint density at radius 1 is 1.19 bits per heavy atom. The van der Waals surface area contributed by atoms with Gasteiger partial charge in [0.15, 0.2) is 17.1 Å². The normalized spacial score (nSPS) is 13.3. The number of nitrogens with one attached hydrogen (secondary N) is 1. The van der Waals surface area contributed by atoms with E-state index in [1.165, 1.54) is 0 Å². The Morgan fingerprint density at radius 3 is 2.92 bits per heavy atom. The SMILES string of the molecule is Cc1nn(C)c2ncc(CNCCc3cc(Cl)c4c(c3)OCCO4)cc12. The molecule has 1 aliphatic heterocycles. The molecule has 0 bridgehead atoms. The van der Waals surface area contributed by atoms with Crippen molar-refractivity contribution in [3.05, 3.63) is 46.2 Å². The highest BCUT2D eigenvalue weighted by atomic mass is 35.5. The molecule has 1 aliphatic rings. The molecule has 1 N–H and O–H groups in total. The molecule has 0 radical (unpaired) electrons. The molecule has 0 aliphatic carbocycles. The number of hydrogen-bond acceptors (Lipinski definition) is 5. The number of ether oxygens (including phenoxy) is 2. The van der Waals surface area contributed by atoms with Gasteiger partial charge in [-0.05, 0) is 49.2 Å². The molecular weight excluding hydrogens is 352 g/mol. The fourth-order valence-electron chi connectivity index (χ4n) is 3.22. The lowest BCUT2D eigenvalue weighted by atomic mass is 10.1. The van der Waals surface area contributed by atoms with Crippen LogP contribution in [0, 0.1) is 6.92 Å². The lowest BCUT2D eigenvalue weighted by Gasteiger charge is -2.20. The smallest absolute Gasteiger partial charge is 0.179 e. The summed E-state index contributed by atoms with van der Waals surface area (Å²) < 4.78 is 13.0. The Labute approximate surface area is 157 Å². The van der Waals surface area contributed by atoms with Gasteiger partial charge in [0.25, 0.3) is 0 Å². The van der Waals surface area contributed by atoms with Gasteiger partial charge in [-0.2, -0.15) is 5.10 Å². The molecule has 2 aromatic heterocycles. The summed E-state index contributed by atoms with van der Waals surface area (Å²) in [6, 6.07) is 6.11. The van der Waals surface area contributed by atoms with Crippen molar-refractivity contribution in [1.29, 1.82) is 0 Å². The first-order valence-corrected chi connectivity index (χ1v) is 9.06. The van der Waals surface area contributed by atoms with Crippen LogP contribution < -0.4 is 14.8 Å². The maximum Gasteiger partial charge on any atom is 0.179 e. The van der Waals surface area contributed by atoms with Crippen molar-refractivity contribution in [2.75, 3.05) is 19.8 Å². The van der Waals surface area contributed by atoms with Gasteiger partial charge in [0.2, 0.25) is 0 Å². The third kappa shape index (κ3) is 3.34. The zero-order chi connectivity index (χ0) is 18.1. The minimum atomic E-state index is 0.544. The average Bonchev–Trinajstić information content (AvgIpc) is 2.92. The predicted octanol–water partition coefficient (Wildman–Crippen LogP) is 3.03. The second-order valence-electron chi connectivity index (χ2n) is 6.45. The molecule has 0 unspecified atom stereocenters. The number of pyridine rings is 1. The number of fused-ring (bicyclic) bond motifs is 2. The first kappa shape index (κ1) is 17.1. The fraction of sp³-hybridized carbons (Fsp3) is 0.368. The fourth-order valence-corrected chi connectivity index (χ4v) is 3.51. The largest absolute Gasteiger partial charge is 0.486 e. The van der Waals surface area contributed by atoms with Gasteiger partial charge in [0, 0.05) is 25.2 Å². The quantitative estimate of drug-likeness (QED) is 0.697. The van der Waals surface area contributed by atoms with E-state index in [-0.39, 0.29) is 0 Å². The zero-order valence-corrected chi connectivity index (χ0v) is 15.6. The van der Waals surface area contributed by atoms with Crippen LogP contribution in [0.2, 0.25) is 5.02 Å². The molecule has 1 aromatic carbocycles. The number of nitrogens with zero attached hydrogens (tertiary/aromatic N) is 3. The number of halogens is 1. The molecule has 0 spiro atoms. The standard InChI is InChI=1S/C19H21ClN4O2/c1-12-15-7-14(11-22-19(15)24(2)23-12)10-21-4-3-13-8-16(20)18-17(9-13)25-5-6-26-18/h7-9,11,21H,3-6,10H2,1-2H3. The highest BCUT2D eigenvalue weighted by Gasteiger charge is 2.16. The third-order valence-electron chi connectivity index (χ3n) is 4.50. The number of rotatable bonds is 5. The Kier molecular flexibility index (Phi) is 4.70. The van der Waals surface area contributed by atoms with E-state index in [2.05, 4.69) is 21.5 Å². The van der Waals surface area contributed by atoms with Crippen LogP contribution in [0.4, 0.5) is 0 Å². The van der Waals surface area contributed by atoms with Crippen molar-refractivity contribution in [3.63, 3.8) is 0 Å². The van der Waals surface area contributed by atoms with E-state index in [0.29, 0.717) is 24.0 Å². The summed E-state index contributed by atoms with van der Waals surface area (Å²) in [6.45, 7) is 4.71. The van der Waals surface area contributed by atoms with Crippen LogP contribution in [0.5, 0.6) is 11.5 Å². The van der Waals surface area contributed by atoms with E-state index in [1.54, 1.807) is 0 Å². The van der Waals surface area contributed by atoms with Gasteiger partial charge in [0.1, 0.15) is 13.2 Å². The van der Waals surface area contributed by atoms with Crippen LogP contribution in [-0.2, 0) is 20.0 Å². The molecule has 0 amide bonds. The van der Waals surface area contributed by atoms with Crippen LogP contribution in [-0.4, -0.2) is 34.5 Å². The average molecular weight is 373 g/mol. The van der Waals surface area contributed by atoms with Crippen LogP contribution >= 0.6 is 11.6 Å². The summed E-state index contributed by atoms with van der Waals surface area (Å²) in [7, 11) is 1.92. The van der Waals surface area contributed by atoms with E-state index in [4.69, 9.17) is 21.1 Å². The Balaban J connectivity index is 1.37. The third-order valence-corrected chi connectivity index (χ3v) is 4.78. The number of aromatic nitrogens is 3. The zero-order valence-electron chi connectivity index (χ0n) is 14.9. The topological polar surface area (TPSA) is 61.2 Å². The molecule has 3 aromatic rings. The van der Waals surface area contributed by atoms with E-state index in [9.17, 15) is 0 Å². The summed E-state index contributed by atoms with van der Waals surface area (Å²) in [6.07, 6.45) is 2.76. The van der Waals surface area contributed by atoms with E-state index in [1.807, 2.05) is 37.0 Å². The van der Waals surface area contributed by atoms with Crippen LogP contribution in [0.1, 0.15) is 16.8 Å². The maximum absolute atomic E-state index is 6.29.